The number of aliphatic hydroxyl groups is 1. The summed E-state index contributed by atoms with van der Waals surface area (Å²) in [6, 6.07) is 14.2. The number of benzene rings is 2. The van der Waals surface area contributed by atoms with Gasteiger partial charge in [0.05, 0.1) is 0 Å². The summed E-state index contributed by atoms with van der Waals surface area (Å²) in [5.74, 6) is 0.944. The number of halogens is 1. The van der Waals surface area contributed by atoms with Crippen molar-refractivity contribution in [3.63, 3.8) is 0 Å². The summed E-state index contributed by atoms with van der Waals surface area (Å²) >= 11 is 7.32. The second kappa shape index (κ2) is 9.14. The van der Waals surface area contributed by atoms with Gasteiger partial charge in [0.15, 0.2) is 0 Å². The quantitative estimate of drug-likeness (QED) is 0.645. The monoisotopic (exact) mass is 485 g/mol. The second-order valence-corrected chi connectivity index (χ2v) is 10.1. The van der Waals surface area contributed by atoms with E-state index in [2.05, 4.69) is 4.90 Å². The number of rotatable bonds is 5. The maximum absolute atomic E-state index is 12.6. The van der Waals surface area contributed by atoms with Crippen molar-refractivity contribution in [3.8, 4) is 5.75 Å². The number of ether oxygens (including phenoxy) is 2. The smallest absolute Gasteiger partial charge is 0.243 e. The molecule has 5 rings (SSSR count). The molecule has 1 saturated heterocycles. The highest BCUT2D eigenvalue weighted by Gasteiger charge is 2.46. The predicted octanol–water partition coefficient (Wildman–Crippen LogP) is 3.81. The highest BCUT2D eigenvalue weighted by Crippen LogP contribution is 2.47. The lowest BCUT2D eigenvalue weighted by Gasteiger charge is -2.45. The van der Waals surface area contributed by atoms with Gasteiger partial charge in [-0.15, -0.1) is 11.8 Å². The number of allylic oxidation sites excluding steroid dienone is 1. The molecule has 2 aliphatic heterocycles. The molecule has 6 nitrogen and oxygen atoms in total. The zero-order valence-corrected chi connectivity index (χ0v) is 19.5. The molecule has 0 bridgehead atoms. The van der Waals surface area contributed by atoms with Crippen LogP contribution in [0.5, 0.6) is 5.75 Å². The Bertz CT molecular complexity index is 1110. The first-order valence-electron chi connectivity index (χ1n) is 11.0. The van der Waals surface area contributed by atoms with Crippen molar-refractivity contribution in [2.75, 3.05) is 32.0 Å². The summed E-state index contributed by atoms with van der Waals surface area (Å²) in [5.41, 5.74) is 0.749. The SMILES string of the molecule is O=C1C(=O)c2ccccc2C2=C1SCC1(CCN(C[C@@H](O)COc3ccc(Cl)cc3)CC1)O2. The fourth-order valence-corrected chi connectivity index (χ4v) is 5.86. The molecule has 0 saturated carbocycles. The number of piperidine rings is 1. The van der Waals surface area contributed by atoms with Crippen molar-refractivity contribution in [1.29, 1.82) is 0 Å². The molecule has 2 heterocycles. The molecule has 0 amide bonds. The summed E-state index contributed by atoms with van der Waals surface area (Å²) < 4.78 is 12.1. The highest BCUT2D eigenvalue weighted by atomic mass is 35.5. The lowest BCUT2D eigenvalue weighted by molar-refractivity contribution is -0.111. The number of fused-ring (bicyclic) bond motifs is 2. The van der Waals surface area contributed by atoms with Crippen molar-refractivity contribution in [1.82, 2.24) is 4.90 Å². The number of likely N-dealkylation sites (tertiary alicyclic amines) is 1. The van der Waals surface area contributed by atoms with Gasteiger partial charge in [0.1, 0.15) is 34.7 Å². The second-order valence-electron chi connectivity index (χ2n) is 8.66. The molecule has 1 aliphatic carbocycles. The van der Waals surface area contributed by atoms with Crippen LogP contribution in [0.3, 0.4) is 0 Å². The van der Waals surface area contributed by atoms with Gasteiger partial charge >= 0.3 is 0 Å². The molecule has 2 aromatic rings. The van der Waals surface area contributed by atoms with Crippen LogP contribution in [0, 0.1) is 0 Å². The van der Waals surface area contributed by atoms with Crippen LogP contribution in [0.1, 0.15) is 28.8 Å². The van der Waals surface area contributed by atoms with Crippen molar-refractivity contribution >= 4 is 40.7 Å². The van der Waals surface area contributed by atoms with Gasteiger partial charge in [-0.3, -0.25) is 9.59 Å². The third-order valence-corrected chi connectivity index (χ3v) is 7.91. The van der Waals surface area contributed by atoms with Crippen LogP contribution in [0.2, 0.25) is 5.02 Å². The molecular formula is C25H24ClNO5S. The number of thioether (sulfide) groups is 1. The minimum Gasteiger partial charge on any atom is -0.491 e. The van der Waals surface area contributed by atoms with Gasteiger partial charge in [0, 0.05) is 54.4 Å². The van der Waals surface area contributed by atoms with Gasteiger partial charge < -0.3 is 19.5 Å². The Morgan fingerprint density at radius 3 is 2.48 bits per heavy atom. The number of hydrogen-bond acceptors (Lipinski definition) is 7. The average molecular weight is 486 g/mol. The number of nitrogens with zero attached hydrogens (tertiary/aromatic N) is 1. The summed E-state index contributed by atoms with van der Waals surface area (Å²) in [7, 11) is 0. The van der Waals surface area contributed by atoms with E-state index in [1.165, 1.54) is 11.8 Å². The highest BCUT2D eigenvalue weighted by molar-refractivity contribution is 8.04. The molecule has 1 N–H and O–H groups in total. The molecule has 0 radical (unpaired) electrons. The van der Waals surface area contributed by atoms with Crippen molar-refractivity contribution < 1.29 is 24.2 Å². The summed E-state index contributed by atoms with van der Waals surface area (Å²) in [4.78, 5) is 27.7. The number of aliphatic hydroxyl groups excluding tert-OH is 1. The van der Waals surface area contributed by atoms with E-state index in [-0.39, 0.29) is 12.2 Å². The Morgan fingerprint density at radius 2 is 1.76 bits per heavy atom. The molecule has 33 heavy (non-hydrogen) atoms. The predicted molar refractivity (Wildman–Crippen MR) is 128 cm³/mol. The van der Waals surface area contributed by atoms with Crippen LogP contribution in [-0.4, -0.2) is 65.3 Å². The van der Waals surface area contributed by atoms with Crippen LogP contribution < -0.4 is 4.74 Å². The van der Waals surface area contributed by atoms with Crippen molar-refractivity contribution in [3.05, 3.63) is 69.6 Å². The number of carbonyl (C=O) groups is 2. The van der Waals surface area contributed by atoms with E-state index in [9.17, 15) is 14.7 Å². The molecule has 0 aromatic heterocycles. The van der Waals surface area contributed by atoms with Gasteiger partial charge in [-0.25, -0.2) is 0 Å². The van der Waals surface area contributed by atoms with Gasteiger partial charge in [-0.2, -0.15) is 0 Å². The first-order chi connectivity index (χ1) is 15.9. The standard InChI is InChI=1S/C25H24ClNO5S/c26-16-5-7-18(8-6-16)31-14-17(28)13-27-11-9-25(10-12-27)15-33-24-22(30)21(29)19-3-1-2-4-20(19)23(24)32-25/h1-8,17,28H,9-15H2/t17-/m1/s1. The number of carbonyl (C=O) groups excluding carboxylic acids is 2. The zero-order valence-electron chi connectivity index (χ0n) is 18.0. The number of Topliss-reactive ketones (excluding diaryl/α,β-unsaturated/α-hetero) is 2. The number of hydrogen-bond donors (Lipinski definition) is 1. The van der Waals surface area contributed by atoms with Gasteiger partial charge in [-0.1, -0.05) is 35.9 Å². The zero-order chi connectivity index (χ0) is 23.0. The summed E-state index contributed by atoms with van der Waals surface area (Å²) in [5, 5.41) is 11.1. The topological polar surface area (TPSA) is 76.1 Å². The third-order valence-electron chi connectivity index (χ3n) is 6.33. The lowest BCUT2D eigenvalue weighted by atomic mass is 9.90. The van der Waals surface area contributed by atoms with E-state index >= 15 is 0 Å². The number of ketones is 2. The van der Waals surface area contributed by atoms with E-state index in [0.29, 0.717) is 44.9 Å². The Hall–Kier alpha value is -2.32. The fraction of sp³-hybridized carbons (Fsp3) is 0.360. The van der Waals surface area contributed by atoms with Crippen molar-refractivity contribution in [2.45, 2.75) is 24.5 Å². The van der Waals surface area contributed by atoms with Crippen LogP contribution in [-0.2, 0) is 9.53 Å². The van der Waals surface area contributed by atoms with Gasteiger partial charge in [0.2, 0.25) is 11.6 Å². The number of β-amino-alcohol motifs (C(OH)–C–C–N with tert-alkyl or cyclic N) is 1. The Morgan fingerprint density at radius 1 is 1.06 bits per heavy atom. The lowest BCUT2D eigenvalue weighted by Crippen LogP contribution is -2.51. The van der Waals surface area contributed by atoms with E-state index in [1.807, 2.05) is 12.1 Å². The summed E-state index contributed by atoms with van der Waals surface area (Å²) in [6.45, 7) is 2.27. The molecular weight excluding hydrogens is 462 g/mol. The Labute approximate surface area is 201 Å². The average Bonchev–Trinajstić information content (AvgIpc) is 2.84. The molecule has 1 spiro atoms. The van der Waals surface area contributed by atoms with Crippen LogP contribution in [0.25, 0.3) is 5.76 Å². The maximum atomic E-state index is 12.6. The molecule has 2 aromatic carbocycles. The minimum atomic E-state index is -0.612. The molecule has 172 valence electrons. The molecule has 1 fully saturated rings. The molecule has 1 atom stereocenters. The van der Waals surface area contributed by atoms with Crippen molar-refractivity contribution in [2.24, 2.45) is 0 Å². The van der Waals surface area contributed by atoms with Crippen LogP contribution >= 0.6 is 23.4 Å². The van der Waals surface area contributed by atoms with E-state index in [1.54, 1.807) is 36.4 Å². The largest absolute Gasteiger partial charge is 0.491 e. The first kappa shape index (κ1) is 22.5. The molecule has 0 unspecified atom stereocenters. The maximum Gasteiger partial charge on any atom is 0.243 e. The van der Waals surface area contributed by atoms with Crippen LogP contribution in [0.15, 0.2) is 53.4 Å². The Balaban J connectivity index is 1.19. The third kappa shape index (κ3) is 4.55. The van der Waals surface area contributed by atoms with E-state index in [0.717, 1.165) is 25.9 Å². The van der Waals surface area contributed by atoms with E-state index in [4.69, 9.17) is 21.1 Å². The molecule has 8 heteroatoms. The molecule has 3 aliphatic rings. The summed E-state index contributed by atoms with van der Waals surface area (Å²) in [6.07, 6.45) is 0.956. The van der Waals surface area contributed by atoms with Crippen LogP contribution in [0.4, 0.5) is 0 Å². The fourth-order valence-electron chi connectivity index (χ4n) is 4.48. The van der Waals surface area contributed by atoms with Gasteiger partial charge in [0.25, 0.3) is 0 Å². The first-order valence-corrected chi connectivity index (χ1v) is 12.3. The normalized spacial score (nSPS) is 20.8. The van der Waals surface area contributed by atoms with E-state index < -0.39 is 17.7 Å². The van der Waals surface area contributed by atoms with Gasteiger partial charge in [-0.05, 0) is 24.3 Å². The minimum absolute atomic E-state index is 0.207. The Kier molecular flexibility index (Phi) is 6.22.